The molecule has 0 radical (unpaired) electrons. The van der Waals surface area contributed by atoms with Gasteiger partial charge in [-0.05, 0) is 19.1 Å². The quantitative estimate of drug-likeness (QED) is 0.619. The Labute approximate surface area is 111 Å². The number of nitrogens with zero attached hydrogens (tertiary/aromatic N) is 4. The number of para-hydroxylation sites is 1. The fourth-order valence-electron chi connectivity index (χ4n) is 1.52. The molecule has 0 fully saturated rings. The number of nitrogens with one attached hydrogen (secondary N) is 1. The van der Waals surface area contributed by atoms with Gasteiger partial charge in [0.05, 0.1) is 6.61 Å². The van der Waals surface area contributed by atoms with Crippen molar-refractivity contribution in [1.82, 2.24) is 15.0 Å². The SMILES string of the molecule is CCOc1nc(NN)nc(N(C)c2ccccc2)n1. The molecule has 0 amide bonds. The van der Waals surface area contributed by atoms with Crippen LogP contribution in [0.2, 0.25) is 0 Å². The van der Waals surface area contributed by atoms with Crippen molar-refractivity contribution in [3.8, 4) is 6.01 Å². The molecule has 0 saturated heterocycles. The molecule has 0 aliphatic carbocycles. The molecule has 0 spiro atoms. The summed E-state index contributed by atoms with van der Waals surface area (Å²) in [7, 11) is 1.86. The van der Waals surface area contributed by atoms with E-state index in [1.807, 2.05) is 49.2 Å². The molecular formula is C12H16N6O. The van der Waals surface area contributed by atoms with Gasteiger partial charge in [0.25, 0.3) is 0 Å². The highest BCUT2D eigenvalue weighted by Gasteiger charge is 2.11. The summed E-state index contributed by atoms with van der Waals surface area (Å²) in [4.78, 5) is 14.3. The topological polar surface area (TPSA) is 89.2 Å². The van der Waals surface area contributed by atoms with Gasteiger partial charge in [-0.2, -0.15) is 15.0 Å². The lowest BCUT2D eigenvalue weighted by Gasteiger charge is -2.17. The molecular weight excluding hydrogens is 244 g/mol. The number of rotatable bonds is 5. The van der Waals surface area contributed by atoms with Gasteiger partial charge >= 0.3 is 6.01 Å². The van der Waals surface area contributed by atoms with E-state index < -0.39 is 0 Å². The normalized spacial score (nSPS) is 10.1. The van der Waals surface area contributed by atoms with Crippen molar-refractivity contribution in [2.75, 3.05) is 24.0 Å². The summed E-state index contributed by atoms with van der Waals surface area (Å²) in [6.07, 6.45) is 0. The third kappa shape index (κ3) is 3.08. The van der Waals surface area contributed by atoms with Crippen molar-refractivity contribution < 1.29 is 4.74 Å². The van der Waals surface area contributed by atoms with Crippen LogP contribution in [0.4, 0.5) is 17.6 Å². The van der Waals surface area contributed by atoms with E-state index in [9.17, 15) is 0 Å². The van der Waals surface area contributed by atoms with E-state index in [0.29, 0.717) is 12.6 Å². The molecule has 7 heteroatoms. The van der Waals surface area contributed by atoms with Gasteiger partial charge in [-0.1, -0.05) is 18.2 Å². The van der Waals surface area contributed by atoms with E-state index >= 15 is 0 Å². The van der Waals surface area contributed by atoms with Crippen LogP contribution < -0.4 is 20.9 Å². The number of aromatic nitrogens is 3. The van der Waals surface area contributed by atoms with Crippen LogP contribution in [0, 0.1) is 0 Å². The molecule has 0 saturated carbocycles. The number of anilines is 3. The summed E-state index contributed by atoms with van der Waals surface area (Å²) in [6, 6.07) is 9.99. The monoisotopic (exact) mass is 260 g/mol. The zero-order valence-electron chi connectivity index (χ0n) is 10.9. The van der Waals surface area contributed by atoms with Crippen LogP contribution >= 0.6 is 0 Å². The minimum Gasteiger partial charge on any atom is -0.464 e. The second kappa shape index (κ2) is 5.96. The number of benzene rings is 1. The van der Waals surface area contributed by atoms with Crippen LogP contribution in [0.1, 0.15) is 6.92 Å². The van der Waals surface area contributed by atoms with E-state index in [4.69, 9.17) is 10.6 Å². The van der Waals surface area contributed by atoms with Crippen molar-refractivity contribution in [2.24, 2.45) is 5.84 Å². The highest BCUT2D eigenvalue weighted by Crippen LogP contribution is 2.21. The Morgan fingerprint density at radius 2 is 1.95 bits per heavy atom. The molecule has 19 heavy (non-hydrogen) atoms. The van der Waals surface area contributed by atoms with Crippen LogP contribution in [0.5, 0.6) is 6.01 Å². The average molecular weight is 260 g/mol. The van der Waals surface area contributed by atoms with Gasteiger partial charge in [-0.15, -0.1) is 0 Å². The van der Waals surface area contributed by atoms with Crippen molar-refractivity contribution in [1.29, 1.82) is 0 Å². The van der Waals surface area contributed by atoms with Crippen molar-refractivity contribution >= 4 is 17.6 Å². The Kier molecular flexibility index (Phi) is 4.09. The molecule has 0 aliphatic heterocycles. The van der Waals surface area contributed by atoms with Gasteiger partial charge in [0.1, 0.15) is 0 Å². The van der Waals surface area contributed by atoms with Crippen molar-refractivity contribution in [3.63, 3.8) is 0 Å². The van der Waals surface area contributed by atoms with E-state index in [1.54, 1.807) is 0 Å². The largest absolute Gasteiger partial charge is 0.464 e. The Balaban J connectivity index is 2.35. The van der Waals surface area contributed by atoms with Gasteiger partial charge in [0, 0.05) is 12.7 Å². The lowest BCUT2D eigenvalue weighted by atomic mass is 10.3. The maximum Gasteiger partial charge on any atom is 0.323 e. The van der Waals surface area contributed by atoms with Crippen molar-refractivity contribution in [2.45, 2.75) is 6.92 Å². The lowest BCUT2D eigenvalue weighted by Crippen LogP contribution is -2.18. The highest BCUT2D eigenvalue weighted by molar-refractivity contribution is 5.56. The number of nitrogens with two attached hydrogens (primary N) is 1. The lowest BCUT2D eigenvalue weighted by molar-refractivity contribution is 0.312. The predicted molar refractivity (Wildman–Crippen MR) is 73.3 cm³/mol. The van der Waals surface area contributed by atoms with E-state index in [0.717, 1.165) is 5.69 Å². The fourth-order valence-corrected chi connectivity index (χ4v) is 1.52. The number of hydrazine groups is 1. The van der Waals surface area contributed by atoms with E-state index in [1.165, 1.54) is 0 Å². The fraction of sp³-hybridized carbons (Fsp3) is 0.250. The molecule has 7 nitrogen and oxygen atoms in total. The molecule has 0 bridgehead atoms. The average Bonchev–Trinajstić information content (AvgIpc) is 2.47. The number of hydrogen-bond acceptors (Lipinski definition) is 7. The summed E-state index contributed by atoms with van der Waals surface area (Å²) in [5, 5.41) is 0. The predicted octanol–water partition coefficient (Wildman–Crippen LogP) is 1.32. The van der Waals surface area contributed by atoms with Crippen LogP contribution in [0.25, 0.3) is 0 Å². The Bertz CT molecular complexity index is 533. The van der Waals surface area contributed by atoms with Gasteiger partial charge < -0.3 is 9.64 Å². The standard InChI is InChI=1S/C12H16N6O/c1-3-19-12-15-10(17-13)14-11(16-12)18(2)9-7-5-4-6-8-9/h4-8H,3,13H2,1-2H3,(H,14,15,16,17). The molecule has 0 atom stereocenters. The summed E-state index contributed by atoms with van der Waals surface area (Å²) < 4.78 is 5.29. The third-order valence-corrected chi connectivity index (χ3v) is 2.45. The number of ether oxygens (including phenoxy) is 1. The molecule has 0 unspecified atom stereocenters. The molecule has 2 rings (SSSR count). The second-order valence-corrected chi connectivity index (χ2v) is 3.71. The minimum atomic E-state index is 0.239. The summed E-state index contributed by atoms with van der Waals surface area (Å²) >= 11 is 0. The maximum absolute atomic E-state index is 5.35. The summed E-state index contributed by atoms with van der Waals surface area (Å²) in [6.45, 7) is 2.34. The van der Waals surface area contributed by atoms with Gasteiger partial charge in [0.15, 0.2) is 0 Å². The van der Waals surface area contributed by atoms with Gasteiger partial charge in [0.2, 0.25) is 11.9 Å². The minimum absolute atomic E-state index is 0.239. The van der Waals surface area contributed by atoms with Gasteiger partial charge in [-0.25, -0.2) is 5.84 Å². The second-order valence-electron chi connectivity index (χ2n) is 3.71. The molecule has 1 aromatic carbocycles. The first-order valence-electron chi connectivity index (χ1n) is 5.89. The summed E-state index contributed by atoms with van der Waals surface area (Å²) in [5.41, 5.74) is 3.36. The van der Waals surface area contributed by atoms with E-state index in [-0.39, 0.29) is 12.0 Å². The molecule has 1 heterocycles. The van der Waals surface area contributed by atoms with E-state index in [2.05, 4.69) is 20.4 Å². The van der Waals surface area contributed by atoms with Gasteiger partial charge in [-0.3, -0.25) is 5.43 Å². The highest BCUT2D eigenvalue weighted by atomic mass is 16.5. The summed E-state index contributed by atoms with van der Waals surface area (Å²) in [5.74, 6) is 6.06. The zero-order valence-corrected chi connectivity index (χ0v) is 10.9. The van der Waals surface area contributed by atoms with Crippen LogP contribution in [-0.2, 0) is 0 Å². The Morgan fingerprint density at radius 1 is 1.21 bits per heavy atom. The first-order chi connectivity index (χ1) is 9.24. The number of nitrogen functional groups attached to an aromatic ring is 1. The third-order valence-electron chi connectivity index (χ3n) is 2.45. The first kappa shape index (κ1) is 13.0. The zero-order chi connectivity index (χ0) is 13.7. The Hall–Kier alpha value is -2.41. The molecule has 2 aromatic rings. The molecule has 100 valence electrons. The maximum atomic E-state index is 5.35. The first-order valence-corrected chi connectivity index (χ1v) is 5.89. The Morgan fingerprint density at radius 3 is 2.58 bits per heavy atom. The molecule has 1 aromatic heterocycles. The van der Waals surface area contributed by atoms with Crippen LogP contribution in [-0.4, -0.2) is 28.6 Å². The van der Waals surface area contributed by atoms with Crippen molar-refractivity contribution in [3.05, 3.63) is 30.3 Å². The smallest absolute Gasteiger partial charge is 0.323 e. The van der Waals surface area contributed by atoms with Crippen LogP contribution in [0.3, 0.4) is 0 Å². The van der Waals surface area contributed by atoms with Crippen LogP contribution in [0.15, 0.2) is 30.3 Å². The molecule has 3 N–H and O–H groups in total. The number of hydrogen-bond donors (Lipinski definition) is 2. The molecule has 0 aliphatic rings.